The molecule has 7 nitrogen and oxygen atoms in total. The smallest absolute Gasteiger partial charge is 0.248 e. The molecule has 7 heteroatoms. The van der Waals surface area contributed by atoms with Crippen LogP contribution in [-0.4, -0.2) is 40.2 Å². The van der Waals surface area contributed by atoms with Crippen LogP contribution in [0.2, 0.25) is 0 Å². The summed E-state index contributed by atoms with van der Waals surface area (Å²) in [4.78, 5) is 15.7. The molecular formula is C23H28N6O. The van der Waals surface area contributed by atoms with Crippen molar-refractivity contribution >= 4 is 17.3 Å². The van der Waals surface area contributed by atoms with Crippen LogP contribution in [0.3, 0.4) is 0 Å². The highest BCUT2D eigenvalue weighted by molar-refractivity contribution is 5.90. The molecule has 0 radical (unpaired) electrons. The summed E-state index contributed by atoms with van der Waals surface area (Å²) in [7, 11) is 3.98. The topological polar surface area (TPSA) is 75.9 Å². The van der Waals surface area contributed by atoms with Gasteiger partial charge in [-0.2, -0.15) is 4.80 Å². The van der Waals surface area contributed by atoms with Crippen molar-refractivity contribution in [1.82, 2.24) is 20.2 Å². The predicted molar refractivity (Wildman–Crippen MR) is 118 cm³/mol. The lowest BCUT2D eigenvalue weighted by atomic mass is 9.84. The Morgan fingerprint density at radius 2 is 1.73 bits per heavy atom. The van der Waals surface area contributed by atoms with E-state index in [2.05, 4.69) is 32.9 Å². The number of carbonyl (C=O) groups excluding carboxylic acids is 1. The maximum Gasteiger partial charge on any atom is 0.248 e. The van der Waals surface area contributed by atoms with Crippen LogP contribution in [0.25, 0.3) is 11.4 Å². The molecule has 1 N–H and O–H groups in total. The largest absolute Gasteiger partial charge is 0.378 e. The molecule has 156 valence electrons. The highest BCUT2D eigenvalue weighted by atomic mass is 16.2. The molecule has 0 saturated heterocycles. The number of benzene rings is 2. The Bertz CT molecular complexity index is 972. The number of rotatable bonds is 6. The third-order valence-corrected chi connectivity index (χ3v) is 5.65. The molecule has 4 rings (SSSR count). The molecule has 30 heavy (non-hydrogen) atoms. The summed E-state index contributed by atoms with van der Waals surface area (Å²) in [6.07, 6.45) is 6.52. The number of hydrogen-bond donors (Lipinski definition) is 1. The molecule has 1 aromatic heterocycles. The molecule has 0 bridgehead atoms. The predicted octanol–water partition coefficient (Wildman–Crippen LogP) is 4.09. The van der Waals surface area contributed by atoms with Crippen LogP contribution in [0.5, 0.6) is 0 Å². The maximum atomic E-state index is 12.4. The first kappa shape index (κ1) is 20.1. The summed E-state index contributed by atoms with van der Waals surface area (Å²) in [5, 5.41) is 15.3. The highest BCUT2D eigenvalue weighted by Gasteiger charge is 2.15. The molecule has 0 atom stereocenters. The molecule has 1 saturated carbocycles. The number of anilines is 2. The molecule has 1 aliphatic carbocycles. The van der Waals surface area contributed by atoms with Gasteiger partial charge in [-0.1, -0.05) is 31.4 Å². The second kappa shape index (κ2) is 9.07. The fraction of sp³-hybridized carbons (Fsp3) is 0.391. The van der Waals surface area contributed by atoms with Crippen molar-refractivity contribution in [3.8, 4) is 11.4 Å². The van der Waals surface area contributed by atoms with Crippen molar-refractivity contribution in [3.05, 3.63) is 54.1 Å². The first-order valence-corrected chi connectivity index (χ1v) is 10.5. The average molecular weight is 405 g/mol. The van der Waals surface area contributed by atoms with Gasteiger partial charge in [0, 0.05) is 31.0 Å². The Labute approximate surface area is 177 Å². The van der Waals surface area contributed by atoms with Gasteiger partial charge in [-0.05, 0) is 65.9 Å². The van der Waals surface area contributed by atoms with E-state index in [-0.39, 0.29) is 12.5 Å². The first-order valence-electron chi connectivity index (χ1n) is 10.5. The lowest BCUT2D eigenvalue weighted by Gasteiger charge is -2.22. The van der Waals surface area contributed by atoms with Crippen LogP contribution in [0, 0.1) is 0 Å². The number of amides is 1. The van der Waals surface area contributed by atoms with Crippen LogP contribution >= 0.6 is 0 Å². The Morgan fingerprint density at radius 1 is 1.03 bits per heavy atom. The van der Waals surface area contributed by atoms with E-state index in [1.165, 1.54) is 42.5 Å². The average Bonchev–Trinajstić information content (AvgIpc) is 3.23. The zero-order chi connectivity index (χ0) is 20.9. The van der Waals surface area contributed by atoms with Crippen molar-refractivity contribution in [1.29, 1.82) is 0 Å². The molecule has 1 fully saturated rings. The Hall–Kier alpha value is -3.22. The van der Waals surface area contributed by atoms with Crippen molar-refractivity contribution in [2.24, 2.45) is 0 Å². The molecule has 1 heterocycles. The van der Waals surface area contributed by atoms with Crippen molar-refractivity contribution in [2.45, 2.75) is 44.6 Å². The van der Waals surface area contributed by atoms with Crippen molar-refractivity contribution in [3.63, 3.8) is 0 Å². The minimum atomic E-state index is -0.174. The van der Waals surface area contributed by atoms with E-state index < -0.39 is 0 Å². The number of aromatic nitrogens is 4. The second-order valence-corrected chi connectivity index (χ2v) is 8.09. The molecule has 2 aromatic carbocycles. The van der Waals surface area contributed by atoms with Gasteiger partial charge < -0.3 is 10.2 Å². The van der Waals surface area contributed by atoms with Crippen LogP contribution in [0.4, 0.5) is 11.4 Å². The Morgan fingerprint density at radius 3 is 2.40 bits per heavy atom. The monoisotopic (exact) mass is 404 g/mol. The van der Waals surface area contributed by atoms with E-state index in [1.54, 1.807) is 0 Å². The van der Waals surface area contributed by atoms with E-state index in [1.807, 2.05) is 55.4 Å². The number of tetrazole rings is 1. The van der Waals surface area contributed by atoms with Gasteiger partial charge in [0.2, 0.25) is 11.7 Å². The second-order valence-electron chi connectivity index (χ2n) is 8.09. The van der Waals surface area contributed by atoms with E-state index in [0.29, 0.717) is 11.7 Å². The van der Waals surface area contributed by atoms with Crippen molar-refractivity contribution in [2.75, 3.05) is 24.3 Å². The van der Waals surface area contributed by atoms with Gasteiger partial charge in [0.25, 0.3) is 0 Å². The van der Waals surface area contributed by atoms with Gasteiger partial charge in [0.05, 0.1) is 0 Å². The normalized spacial score (nSPS) is 14.5. The van der Waals surface area contributed by atoms with Gasteiger partial charge >= 0.3 is 0 Å². The summed E-state index contributed by atoms with van der Waals surface area (Å²) in [6, 6.07) is 16.1. The Balaban J connectivity index is 1.34. The molecular weight excluding hydrogens is 376 g/mol. The standard InChI is InChI=1S/C23H28N6O/c1-28(2)21-14-10-19(11-15-21)23-25-27-29(26-23)16-22(30)24-20-12-8-18(9-13-20)17-6-4-3-5-7-17/h8-15,17H,3-7,16H2,1-2H3,(H,24,30). The third kappa shape index (κ3) is 4.84. The summed E-state index contributed by atoms with van der Waals surface area (Å²) in [5.74, 6) is 0.991. The van der Waals surface area contributed by atoms with E-state index in [9.17, 15) is 4.79 Å². The van der Waals surface area contributed by atoms with Gasteiger partial charge in [-0.15, -0.1) is 10.2 Å². The zero-order valence-corrected chi connectivity index (χ0v) is 17.6. The molecule has 0 unspecified atom stereocenters. The van der Waals surface area contributed by atoms with Crippen LogP contribution in [0.15, 0.2) is 48.5 Å². The fourth-order valence-electron chi connectivity index (χ4n) is 3.94. The lowest BCUT2D eigenvalue weighted by molar-refractivity contribution is -0.117. The lowest BCUT2D eigenvalue weighted by Crippen LogP contribution is -2.20. The first-order chi connectivity index (χ1) is 14.6. The SMILES string of the molecule is CN(C)c1ccc(-c2nnn(CC(=O)Nc3ccc(C4CCCCC4)cc3)n2)cc1. The fourth-order valence-corrected chi connectivity index (χ4v) is 3.94. The quantitative estimate of drug-likeness (QED) is 0.670. The van der Waals surface area contributed by atoms with E-state index in [0.717, 1.165) is 16.9 Å². The number of carbonyl (C=O) groups is 1. The minimum Gasteiger partial charge on any atom is -0.378 e. The van der Waals surface area contributed by atoms with Crippen LogP contribution in [-0.2, 0) is 11.3 Å². The Kier molecular flexibility index (Phi) is 6.07. The summed E-state index contributed by atoms with van der Waals surface area (Å²) in [6.45, 7) is 0.0210. The summed E-state index contributed by atoms with van der Waals surface area (Å²) >= 11 is 0. The number of nitrogens with zero attached hydrogens (tertiary/aromatic N) is 5. The van der Waals surface area contributed by atoms with Gasteiger partial charge in [-0.3, -0.25) is 4.79 Å². The van der Waals surface area contributed by atoms with Crippen LogP contribution in [0.1, 0.15) is 43.6 Å². The van der Waals surface area contributed by atoms with Crippen LogP contribution < -0.4 is 10.2 Å². The molecule has 3 aromatic rings. The zero-order valence-electron chi connectivity index (χ0n) is 17.6. The van der Waals surface area contributed by atoms with E-state index >= 15 is 0 Å². The van der Waals surface area contributed by atoms with Gasteiger partial charge in [-0.25, -0.2) is 0 Å². The molecule has 1 aliphatic rings. The maximum absolute atomic E-state index is 12.4. The third-order valence-electron chi connectivity index (χ3n) is 5.65. The van der Waals surface area contributed by atoms with Gasteiger partial charge in [0.1, 0.15) is 6.54 Å². The summed E-state index contributed by atoms with van der Waals surface area (Å²) < 4.78 is 0. The number of nitrogens with one attached hydrogen (secondary N) is 1. The molecule has 0 spiro atoms. The minimum absolute atomic E-state index is 0.0210. The number of hydrogen-bond acceptors (Lipinski definition) is 5. The molecule has 1 amide bonds. The van der Waals surface area contributed by atoms with Gasteiger partial charge in [0.15, 0.2) is 0 Å². The van der Waals surface area contributed by atoms with E-state index in [4.69, 9.17) is 0 Å². The highest BCUT2D eigenvalue weighted by Crippen LogP contribution is 2.33. The molecule has 0 aliphatic heterocycles. The van der Waals surface area contributed by atoms with Crippen molar-refractivity contribution < 1.29 is 4.79 Å². The summed E-state index contributed by atoms with van der Waals surface area (Å²) in [5.41, 5.74) is 4.13.